The monoisotopic (exact) mass is 519 g/mol. The quantitative estimate of drug-likeness (QED) is 0.246. The molecular formula is C28H25N9O2. The summed E-state index contributed by atoms with van der Waals surface area (Å²) in [5, 5.41) is 32.9. The summed E-state index contributed by atoms with van der Waals surface area (Å²) in [6.45, 7) is 5.55. The molecule has 3 aromatic carbocycles. The van der Waals surface area contributed by atoms with E-state index >= 15 is 0 Å². The molecule has 3 rings (SSSR count). The summed E-state index contributed by atoms with van der Waals surface area (Å²) in [5.74, 6) is -1.45. The van der Waals surface area contributed by atoms with E-state index in [-0.39, 0.29) is 5.71 Å². The van der Waals surface area contributed by atoms with Crippen LogP contribution in [0.15, 0.2) is 88.1 Å². The van der Waals surface area contributed by atoms with Crippen molar-refractivity contribution >= 4 is 46.0 Å². The molecule has 0 aliphatic carbocycles. The van der Waals surface area contributed by atoms with Gasteiger partial charge < -0.3 is 5.32 Å². The van der Waals surface area contributed by atoms with Crippen molar-refractivity contribution in [1.82, 2.24) is 5.43 Å². The van der Waals surface area contributed by atoms with E-state index in [4.69, 9.17) is 0 Å². The Morgan fingerprint density at radius 1 is 0.641 bits per heavy atom. The number of carbonyl (C=O) groups is 2. The molecule has 11 heteroatoms. The van der Waals surface area contributed by atoms with E-state index in [0.717, 1.165) is 11.1 Å². The standard InChI is InChI=1S/C28H25N9O2/c1-18-4-10-23(11-5-18)33-35-25(16-29)27(38)31-22-14-8-21(9-15-22)20(3)32-37-28(39)26(17-30)36-34-24-12-6-19(2)7-13-24/h4-15,33-34H,1-3H3,(H,31,38)(H,37,39)/b32-20+,35-25+,36-26+. The average Bonchev–Trinajstić information content (AvgIpc) is 2.94. The maximum atomic E-state index is 12.4. The zero-order chi connectivity index (χ0) is 28.2. The van der Waals surface area contributed by atoms with Crippen LogP contribution in [0.3, 0.4) is 0 Å². The molecule has 0 aliphatic heterocycles. The van der Waals surface area contributed by atoms with Gasteiger partial charge in [-0.1, -0.05) is 47.5 Å². The van der Waals surface area contributed by atoms with Gasteiger partial charge in [0.15, 0.2) is 0 Å². The zero-order valence-corrected chi connectivity index (χ0v) is 21.5. The molecule has 11 nitrogen and oxygen atoms in total. The van der Waals surface area contributed by atoms with Crippen LogP contribution in [-0.4, -0.2) is 28.9 Å². The second-order valence-electron chi connectivity index (χ2n) is 8.27. The minimum atomic E-state index is -0.775. The fraction of sp³-hybridized carbons (Fsp3) is 0.107. The van der Waals surface area contributed by atoms with Crippen LogP contribution in [-0.2, 0) is 9.59 Å². The highest BCUT2D eigenvalue weighted by Gasteiger charge is 2.13. The van der Waals surface area contributed by atoms with E-state index in [1.807, 2.05) is 38.1 Å². The lowest BCUT2D eigenvalue weighted by Crippen LogP contribution is -2.27. The van der Waals surface area contributed by atoms with Crippen molar-refractivity contribution in [3.63, 3.8) is 0 Å². The molecule has 0 radical (unpaired) electrons. The van der Waals surface area contributed by atoms with Crippen LogP contribution >= 0.6 is 0 Å². The molecule has 0 spiro atoms. The summed E-state index contributed by atoms with van der Waals surface area (Å²) in [7, 11) is 0. The SMILES string of the molecule is C/C(=N\NC(=O)/C(C#N)=N/Nc1ccc(C)cc1)c1ccc(NC(=O)/C(C#N)=N/Nc2ccc(C)cc2)cc1. The number of nitrogens with one attached hydrogen (secondary N) is 4. The summed E-state index contributed by atoms with van der Waals surface area (Å²) in [5.41, 5.74) is 11.9. The lowest BCUT2D eigenvalue weighted by Gasteiger charge is -2.07. The molecule has 0 aliphatic rings. The van der Waals surface area contributed by atoms with Crippen molar-refractivity contribution in [2.45, 2.75) is 20.8 Å². The van der Waals surface area contributed by atoms with Gasteiger partial charge in [0.05, 0.1) is 17.1 Å². The van der Waals surface area contributed by atoms with Gasteiger partial charge >= 0.3 is 5.91 Å². The van der Waals surface area contributed by atoms with E-state index in [2.05, 4.69) is 36.9 Å². The number of carbonyl (C=O) groups excluding carboxylic acids is 2. The Morgan fingerprint density at radius 2 is 1.08 bits per heavy atom. The first kappa shape index (κ1) is 27.8. The lowest BCUT2D eigenvalue weighted by molar-refractivity contribution is -0.114. The summed E-state index contributed by atoms with van der Waals surface area (Å²) in [6.07, 6.45) is 0. The Hall–Kier alpha value is -5.81. The molecular weight excluding hydrogens is 494 g/mol. The molecule has 4 N–H and O–H groups in total. The van der Waals surface area contributed by atoms with E-state index < -0.39 is 17.5 Å². The molecule has 0 saturated carbocycles. The Labute approximate surface area is 225 Å². The van der Waals surface area contributed by atoms with Crippen molar-refractivity contribution in [1.29, 1.82) is 10.5 Å². The van der Waals surface area contributed by atoms with Gasteiger partial charge in [-0.05, 0) is 62.7 Å². The smallest absolute Gasteiger partial charge is 0.302 e. The van der Waals surface area contributed by atoms with E-state index in [1.165, 1.54) is 0 Å². The number of anilines is 3. The normalized spacial score (nSPS) is 11.6. The van der Waals surface area contributed by atoms with Crippen LogP contribution < -0.4 is 21.6 Å². The number of nitriles is 2. The van der Waals surface area contributed by atoms with Crippen LogP contribution in [0.25, 0.3) is 0 Å². The Bertz CT molecular complexity index is 1510. The Kier molecular flexibility index (Phi) is 9.60. The molecule has 0 fully saturated rings. The molecule has 39 heavy (non-hydrogen) atoms. The Morgan fingerprint density at radius 3 is 1.54 bits per heavy atom. The molecule has 0 saturated heterocycles. The second-order valence-corrected chi connectivity index (χ2v) is 8.27. The number of aryl methyl sites for hydroxylation is 2. The maximum Gasteiger partial charge on any atom is 0.302 e. The highest BCUT2D eigenvalue weighted by Crippen LogP contribution is 2.12. The van der Waals surface area contributed by atoms with Crippen molar-refractivity contribution in [2.24, 2.45) is 15.3 Å². The predicted octanol–water partition coefficient (Wildman–Crippen LogP) is 4.07. The van der Waals surface area contributed by atoms with Crippen LogP contribution in [0.2, 0.25) is 0 Å². The van der Waals surface area contributed by atoms with Gasteiger partial charge in [0, 0.05) is 5.69 Å². The van der Waals surface area contributed by atoms with Gasteiger partial charge in [-0.25, -0.2) is 5.43 Å². The third kappa shape index (κ3) is 8.37. The summed E-state index contributed by atoms with van der Waals surface area (Å²) < 4.78 is 0. The maximum absolute atomic E-state index is 12.4. The lowest BCUT2D eigenvalue weighted by atomic mass is 10.1. The first-order chi connectivity index (χ1) is 18.8. The summed E-state index contributed by atoms with van der Waals surface area (Å²) in [4.78, 5) is 24.8. The van der Waals surface area contributed by atoms with Crippen molar-refractivity contribution in [2.75, 3.05) is 16.2 Å². The topological polar surface area (TPSA) is 167 Å². The van der Waals surface area contributed by atoms with E-state index in [0.29, 0.717) is 28.3 Å². The highest BCUT2D eigenvalue weighted by atomic mass is 16.2. The summed E-state index contributed by atoms with van der Waals surface area (Å²) >= 11 is 0. The van der Waals surface area contributed by atoms with Gasteiger partial charge in [0.25, 0.3) is 5.91 Å². The van der Waals surface area contributed by atoms with Gasteiger partial charge in [-0.3, -0.25) is 20.4 Å². The van der Waals surface area contributed by atoms with Crippen LogP contribution in [0.1, 0.15) is 23.6 Å². The molecule has 0 aromatic heterocycles. The first-order valence-electron chi connectivity index (χ1n) is 11.7. The van der Waals surface area contributed by atoms with Crippen molar-refractivity contribution in [3.05, 3.63) is 89.5 Å². The van der Waals surface area contributed by atoms with Gasteiger partial charge in [0.1, 0.15) is 12.1 Å². The van der Waals surface area contributed by atoms with Crippen LogP contribution in [0, 0.1) is 36.5 Å². The predicted molar refractivity (Wildman–Crippen MR) is 151 cm³/mol. The van der Waals surface area contributed by atoms with Gasteiger partial charge in [-0.15, -0.1) is 0 Å². The van der Waals surface area contributed by atoms with Crippen molar-refractivity contribution < 1.29 is 9.59 Å². The van der Waals surface area contributed by atoms with Gasteiger partial charge in [-0.2, -0.15) is 25.8 Å². The van der Waals surface area contributed by atoms with Gasteiger partial charge in [0.2, 0.25) is 11.4 Å². The highest BCUT2D eigenvalue weighted by molar-refractivity contribution is 6.48. The molecule has 0 bridgehead atoms. The number of nitrogens with zero attached hydrogens (tertiary/aromatic N) is 5. The van der Waals surface area contributed by atoms with Crippen molar-refractivity contribution in [3.8, 4) is 12.1 Å². The zero-order valence-electron chi connectivity index (χ0n) is 21.5. The molecule has 0 heterocycles. The number of amides is 2. The molecule has 2 amide bonds. The molecule has 0 unspecified atom stereocenters. The minimum absolute atomic E-state index is 0.341. The number of hydrogen-bond acceptors (Lipinski definition) is 9. The van der Waals surface area contributed by atoms with E-state index in [9.17, 15) is 20.1 Å². The van der Waals surface area contributed by atoms with Crippen LogP contribution in [0.5, 0.6) is 0 Å². The average molecular weight is 520 g/mol. The summed E-state index contributed by atoms with van der Waals surface area (Å²) in [6, 6.07) is 24.7. The fourth-order valence-electron chi connectivity index (χ4n) is 2.99. The second kappa shape index (κ2) is 13.5. The third-order valence-corrected chi connectivity index (χ3v) is 5.22. The van der Waals surface area contributed by atoms with Crippen LogP contribution in [0.4, 0.5) is 17.1 Å². The molecule has 3 aromatic rings. The number of hydrazone groups is 3. The fourth-order valence-corrected chi connectivity index (χ4v) is 2.99. The number of rotatable bonds is 9. The first-order valence-corrected chi connectivity index (χ1v) is 11.7. The minimum Gasteiger partial charge on any atom is -0.320 e. The Balaban J connectivity index is 1.58. The molecule has 0 atom stereocenters. The third-order valence-electron chi connectivity index (χ3n) is 5.22. The largest absolute Gasteiger partial charge is 0.320 e. The molecule has 194 valence electrons. The number of benzene rings is 3. The number of hydrogen-bond donors (Lipinski definition) is 4. The van der Waals surface area contributed by atoms with E-state index in [1.54, 1.807) is 67.6 Å².